The quantitative estimate of drug-likeness (QED) is 0.511. The second-order valence-corrected chi connectivity index (χ2v) is 3.93. The molecule has 0 aliphatic heterocycles. The Kier molecular flexibility index (Phi) is 3.79. The van der Waals surface area contributed by atoms with Gasteiger partial charge in [-0.25, -0.2) is 9.97 Å². The Morgan fingerprint density at radius 2 is 2.12 bits per heavy atom. The third-order valence-electron chi connectivity index (χ3n) is 2.37. The normalized spacial score (nSPS) is 10.1. The van der Waals surface area contributed by atoms with E-state index in [2.05, 4.69) is 21.2 Å². The van der Waals surface area contributed by atoms with Crippen molar-refractivity contribution in [2.45, 2.75) is 12.8 Å². The number of anilines is 1. The van der Waals surface area contributed by atoms with Crippen LogP contribution in [0.15, 0.2) is 24.3 Å². The van der Waals surface area contributed by atoms with E-state index >= 15 is 0 Å². The van der Waals surface area contributed by atoms with Crippen molar-refractivity contribution in [1.82, 2.24) is 9.97 Å². The van der Waals surface area contributed by atoms with Crippen LogP contribution in [0.4, 0.5) is 5.82 Å². The third kappa shape index (κ3) is 2.86. The van der Waals surface area contributed by atoms with Gasteiger partial charge < -0.3 is 5.32 Å². The molecular weight excluding hydrogens is 234 g/mol. The number of halogens is 1. The van der Waals surface area contributed by atoms with Crippen LogP contribution in [0.3, 0.4) is 0 Å². The Balaban J connectivity index is 2.23. The monoisotopic (exact) mass is 245 g/mol. The van der Waals surface area contributed by atoms with Gasteiger partial charge in [-0.15, -0.1) is 12.3 Å². The lowest BCUT2D eigenvalue weighted by molar-refractivity contribution is 0.902. The lowest BCUT2D eigenvalue weighted by Crippen LogP contribution is -2.04. The van der Waals surface area contributed by atoms with E-state index < -0.39 is 0 Å². The summed E-state index contributed by atoms with van der Waals surface area (Å²) in [6, 6.07) is 7.75. The first-order chi connectivity index (χ1) is 8.31. The molecule has 1 aromatic carbocycles. The summed E-state index contributed by atoms with van der Waals surface area (Å²) in [6.07, 6.45) is 6.86. The molecule has 0 spiro atoms. The van der Waals surface area contributed by atoms with Gasteiger partial charge in [-0.3, -0.25) is 0 Å². The molecule has 2 aromatic rings. The number of aromatic nitrogens is 2. The van der Waals surface area contributed by atoms with E-state index in [4.69, 9.17) is 18.0 Å². The second-order valence-electron chi connectivity index (χ2n) is 3.59. The number of unbranched alkanes of at least 4 members (excludes halogenated alkanes) is 1. The number of para-hydroxylation sites is 1. The van der Waals surface area contributed by atoms with Crippen LogP contribution in [0.1, 0.15) is 12.8 Å². The molecule has 0 bridgehead atoms. The summed E-state index contributed by atoms with van der Waals surface area (Å²) < 4.78 is 0. The molecule has 86 valence electrons. The summed E-state index contributed by atoms with van der Waals surface area (Å²) in [5.74, 6) is 3.37. The van der Waals surface area contributed by atoms with Gasteiger partial charge in [0.1, 0.15) is 5.82 Å². The summed E-state index contributed by atoms with van der Waals surface area (Å²) >= 11 is 5.87. The zero-order valence-electron chi connectivity index (χ0n) is 9.28. The number of fused-ring (bicyclic) bond motifs is 1. The van der Waals surface area contributed by atoms with Crippen LogP contribution in [0, 0.1) is 12.3 Å². The predicted molar refractivity (Wildman–Crippen MR) is 71.1 cm³/mol. The topological polar surface area (TPSA) is 37.8 Å². The van der Waals surface area contributed by atoms with E-state index in [-0.39, 0.29) is 5.28 Å². The van der Waals surface area contributed by atoms with E-state index in [1.54, 1.807) is 0 Å². The summed E-state index contributed by atoms with van der Waals surface area (Å²) in [6.45, 7) is 0.779. The van der Waals surface area contributed by atoms with Crippen LogP contribution >= 0.6 is 11.6 Å². The first-order valence-corrected chi connectivity index (χ1v) is 5.78. The molecule has 1 heterocycles. The minimum absolute atomic E-state index is 0.253. The third-order valence-corrected chi connectivity index (χ3v) is 2.54. The molecule has 2 rings (SSSR count). The Morgan fingerprint density at radius 3 is 2.94 bits per heavy atom. The largest absolute Gasteiger partial charge is 0.369 e. The fourth-order valence-corrected chi connectivity index (χ4v) is 1.76. The van der Waals surface area contributed by atoms with Gasteiger partial charge in [-0.2, -0.15) is 0 Å². The molecule has 0 saturated carbocycles. The first kappa shape index (κ1) is 11.7. The molecule has 4 heteroatoms. The molecule has 0 radical (unpaired) electrons. The average molecular weight is 246 g/mol. The number of nitrogens with one attached hydrogen (secondary N) is 1. The molecule has 3 nitrogen and oxygen atoms in total. The maximum atomic E-state index is 5.87. The Bertz CT molecular complexity index is 560. The van der Waals surface area contributed by atoms with Gasteiger partial charge in [-0.1, -0.05) is 12.1 Å². The van der Waals surface area contributed by atoms with Crippen LogP contribution in [0.25, 0.3) is 10.9 Å². The predicted octanol–water partition coefficient (Wildman–Crippen LogP) is 3.11. The summed E-state index contributed by atoms with van der Waals surface area (Å²) in [5, 5.41) is 4.46. The Labute approximate surface area is 105 Å². The average Bonchev–Trinajstić information content (AvgIpc) is 2.34. The van der Waals surface area contributed by atoms with Crippen LogP contribution in [0.2, 0.25) is 5.28 Å². The Morgan fingerprint density at radius 1 is 1.29 bits per heavy atom. The zero-order chi connectivity index (χ0) is 12.1. The van der Waals surface area contributed by atoms with Crippen molar-refractivity contribution in [2.75, 3.05) is 11.9 Å². The molecular formula is C13H12ClN3. The molecule has 1 N–H and O–H groups in total. The maximum Gasteiger partial charge on any atom is 0.224 e. The van der Waals surface area contributed by atoms with E-state index in [0.717, 1.165) is 36.1 Å². The minimum atomic E-state index is 0.253. The highest BCUT2D eigenvalue weighted by Crippen LogP contribution is 2.21. The van der Waals surface area contributed by atoms with Gasteiger partial charge in [0.25, 0.3) is 0 Å². The number of rotatable bonds is 4. The minimum Gasteiger partial charge on any atom is -0.369 e. The van der Waals surface area contributed by atoms with Crippen molar-refractivity contribution in [2.24, 2.45) is 0 Å². The molecule has 0 saturated heterocycles. The highest BCUT2D eigenvalue weighted by molar-refractivity contribution is 6.28. The lowest BCUT2D eigenvalue weighted by atomic mass is 10.2. The molecule has 0 amide bonds. The molecule has 0 aliphatic carbocycles. The smallest absolute Gasteiger partial charge is 0.224 e. The van der Waals surface area contributed by atoms with Crippen LogP contribution in [-0.2, 0) is 0 Å². The molecule has 0 unspecified atom stereocenters. The van der Waals surface area contributed by atoms with Crippen molar-refractivity contribution in [3.63, 3.8) is 0 Å². The van der Waals surface area contributed by atoms with E-state index in [1.807, 2.05) is 24.3 Å². The number of terminal acetylenes is 1. The molecule has 17 heavy (non-hydrogen) atoms. The lowest BCUT2D eigenvalue weighted by Gasteiger charge is -2.07. The second kappa shape index (κ2) is 5.51. The first-order valence-electron chi connectivity index (χ1n) is 5.41. The molecule has 1 aromatic heterocycles. The fourth-order valence-electron chi connectivity index (χ4n) is 1.58. The van der Waals surface area contributed by atoms with Crippen LogP contribution < -0.4 is 5.32 Å². The van der Waals surface area contributed by atoms with E-state index in [9.17, 15) is 0 Å². The van der Waals surface area contributed by atoms with Gasteiger partial charge in [-0.05, 0) is 30.2 Å². The van der Waals surface area contributed by atoms with E-state index in [1.165, 1.54) is 0 Å². The highest BCUT2D eigenvalue weighted by Gasteiger charge is 2.04. The summed E-state index contributed by atoms with van der Waals surface area (Å²) in [7, 11) is 0. The maximum absolute atomic E-state index is 5.87. The van der Waals surface area contributed by atoms with Crippen LogP contribution in [0.5, 0.6) is 0 Å². The Hall–Kier alpha value is -1.79. The fraction of sp³-hybridized carbons (Fsp3) is 0.231. The van der Waals surface area contributed by atoms with Gasteiger partial charge in [0.05, 0.1) is 5.52 Å². The number of hydrogen-bond donors (Lipinski definition) is 1. The van der Waals surface area contributed by atoms with Crippen molar-refractivity contribution in [3.8, 4) is 12.3 Å². The number of benzene rings is 1. The molecule has 0 fully saturated rings. The number of nitrogens with zero attached hydrogens (tertiary/aromatic N) is 2. The SMILES string of the molecule is C#CCCCNc1nc(Cl)nc2ccccc12. The zero-order valence-corrected chi connectivity index (χ0v) is 10.0. The number of hydrogen-bond acceptors (Lipinski definition) is 3. The van der Waals surface area contributed by atoms with Crippen molar-refractivity contribution in [1.29, 1.82) is 0 Å². The van der Waals surface area contributed by atoms with Crippen molar-refractivity contribution < 1.29 is 0 Å². The van der Waals surface area contributed by atoms with Crippen molar-refractivity contribution in [3.05, 3.63) is 29.5 Å². The van der Waals surface area contributed by atoms with Gasteiger partial charge in [0.2, 0.25) is 5.28 Å². The molecule has 0 aliphatic rings. The van der Waals surface area contributed by atoms with Crippen LogP contribution in [-0.4, -0.2) is 16.5 Å². The van der Waals surface area contributed by atoms with Gasteiger partial charge >= 0.3 is 0 Å². The van der Waals surface area contributed by atoms with Crippen molar-refractivity contribution >= 4 is 28.3 Å². The standard InChI is InChI=1S/C13H12ClN3/c1-2-3-6-9-15-12-10-7-4-5-8-11(10)16-13(14)17-12/h1,4-5,7-8H,3,6,9H2,(H,15,16,17). The highest BCUT2D eigenvalue weighted by atomic mass is 35.5. The molecule has 0 atom stereocenters. The summed E-state index contributed by atoms with van der Waals surface area (Å²) in [5.41, 5.74) is 0.840. The van der Waals surface area contributed by atoms with Gasteiger partial charge in [0.15, 0.2) is 0 Å². The van der Waals surface area contributed by atoms with Gasteiger partial charge in [0, 0.05) is 18.4 Å². The summed E-state index contributed by atoms with van der Waals surface area (Å²) in [4.78, 5) is 8.35. The van der Waals surface area contributed by atoms with E-state index in [0.29, 0.717) is 0 Å².